The molecule has 0 spiro atoms. The lowest BCUT2D eigenvalue weighted by atomic mass is 9.99. The van der Waals surface area contributed by atoms with E-state index in [-0.39, 0.29) is 17.3 Å². The van der Waals surface area contributed by atoms with Crippen molar-refractivity contribution in [3.05, 3.63) is 70.1 Å². The first-order valence-electron chi connectivity index (χ1n) is 10.6. The molecule has 1 aliphatic rings. The zero-order chi connectivity index (χ0) is 23.5. The van der Waals surface area contributed by atoms with Crippen LogP contribution in [0.3, 0.4) is 0 Å². The topological polar surface area (TPSA) is 98.0 Å². The fourth-order valence-electron chi connectivity index (χ4n) is 3.98. The van der Waals surface area contributed by atoms with Gasteiger partial charge in [0.15, 0.2) is 6.79 Å². The monoisotopic (exact) mass is 449 g/mol. The number of hydrogen-bond acceptors (Lipinski definition) is 6. The molecule has 1 aliphatic heterocycles. The van der Waals surface area contributed by atoms with E-state index in [0.717, 1.165) is 12.8 Å². The van der Waals surface area contributed by atoms with Crippen LogP contribution in [0.1, 0.15) is 12.8 Å². The first-order valence-corrected chi connectivity index (χ1v) is 10.6. The third-order valence-electron chi connectivity index (χ3n) is 5.81. The Morgan fingerprint density at radius 3 is 2.48 bits per heavy atom. The number of aromatic nitrogens is 2. The standard InChI is InChI=1S/C24H24FN5O3/c1-27-20-8-5-16(13-19(20)25)22-21(15-3-6-18(7-4-15)33-14-31)23(32)29(2)24(28-22)30-11-9-17(26)10-12-30/h3-8,13,17,31H,9-12,14,26H2,2H3. The first kappa shape index (κ1) is 22.5. The van der Waals surface area contributed by atoms with E-state index in [1.165, 1.54) is 16.7 Å². The van der Waals surface area contributed by atoms with Crippen molar-refractivity contribution in [1.82, 2.24) is 9.55 Å². The van der Waals surface area contributed by atoms with Crippen LogP contribution in [0.2, 0.25) is 0 Å². The Labute approximate surface area is 190 Å². The van der Waals surface area contributed by atoms with E-state index < -0.39 is 12.6 Å². The van der Waals surface area contributed by atoms with Crippen LogP contribution < -0.4 is 20.9 Å². The van der Waals surface area contributed by atoms with Gasteiger partial charge in [0.25, 0.3) is 5.56 Å². The van der Waals surface area contributed by atoms with E-state index in [1.54, 1.807) is 37.4 Å². The largest absolute Gasteiger partial charge is 0.468 e. The second-order valence-corrected chi connectivity index (χ2v) is 7.90. The molecule has 4 rings (SSSR count). The van der Waals surface area contributed by atoms with Crippen molar-refractivity contribution < 1.29 is 14.2 Å². The molecule has 1 saturated heterocycles. The van der Waals surface area contributed by atoms with Crippen LogP contribution >= 0.6 is 0 Å². The van der Waals surface area contributed by atoms with E-state index in [9.17, 15) is 9.18 Å². The van der Waals surface area contributed by atoms with Gasteiger partial charge in [0.1, 0.15) is 11.6 Å². The van der Waals surface area contributed by atoms with E-state index in [1.807, 2.05) is 4.90 Å². The number of anilines is 1. The van der Waals surface area contributed by atoms with Gasteiger partial charge >= 0.3 is 0 Å². The molecule has 0 unspecified atom stereocenters. The Bertz CT molecular complexity index is 1260. The summed E-state index contributed by atoms with van der Waals surface area (Å²) in [6.45, 7) is 7.97. The van der Waals surface area contributed by atoms with Crippen LogP contribution in [0.25, 0.3) is 27.2 Å². The van der Waals surface area contributed by atoms with E-state index in [2.05, 4.69) is 4.85 Å². The highest BCUT2D eigenvalue weighted by Crippen LogP contribution is 2.33. The van der Waals surface area contributed by atoms with Crippen molar-refractivity contribution in [2.75, 3.05) is 24.8 Å². The molecular formula is C24H24FN5O3. The van der Waals surface area contributed by atoms with Gasteiger partial charge in [-0.25, -0.2) is 14.2 Å². The minimum absolute atomic E-state index is 0.0973. The molecule has 1 aromatic heterocycles. The van der Waals surface area contributed by atoms with E-state index >= 15 is 0 Å². The van der Waals surface area contributed by atoms with Gasteiger partial charge in [-0.15, -0.1) is 0 Å². The maximum absolute atomic E-state index is 14.5. The smallest absolute Gasteiger partial charge is 0.263 e. The van der Waals surface area contributed by atoms with Crippen molar-refractivity contribution in [3.63, 3.8) is 0 Å². The van der Waals surface area contributed by atoms with Crippen LogP contribution in [0.5, 0.6) is 5.75 Å². The molecule has 2 heterocycles. The van der Waals surface area contributed by atoms with Crippen LogP contribution in [0.15, 0.2) is 47.3 Å². The maximum atomic E-state index is 14.5. The van der Waals surface area contributed by atoms with Crippen molar-refractivity contribution >= 4 is 11.6 Å². The normalized spacial score (nSPS) is 14.2. The number of aliphatic hydroxyl groups is 1. The average molecular weight is 449 g/mol. The SMILES string of the molecule is [C-]#[N+]c1ccc(-c2nc(N3CCC(N)CC3)n(C)c(=O)c2-c2ccc(OCO)cc2)cc1F. The number of nitrogens with two attached hydrogens (primary N) is 1. The summed E-state index contributed by atoms with van der Waals surface area (Å²) >= 11 is 0. The lowest BCUT2D eigenvalue weighted by Gasteiger charge is -2.32. The van der Waals surface area contributed by atoms with Gasteiger partial charge in [-0.1, -0.05) is 24.3 Å². The van der Waals surface area contributed by atoms with Crippen LogP contribution in [0, 0.1) is 12.4 Å². The van der Waals surface area contributed by atoms with Gasteiger partial charge in [0.05, 0.1) is 17.8 Å². The molecule has 3 aromatic rings. The van der Waals surface area contributed by atoms with Crippen LogP contribution in [0.4, 0.5) is 16.0 Å². The summed E-state index contributed by atoms with van der Waals surface area (Å²) in [4.78, 5) is 23.6. The molecule has 170 valence electrons. The quantitative estimate of drug-likeness (QED) is 0.459. The molecule has 2 aromatic carbocycles. The molecule has 0 aliphatic carbocycles. The average Bonchev–Trinajstić information content (AvgIpc) is 2.82. The highest BCUT2D eigenvalue weighted by Gasteiger charge is 2.24. The van der Waals surface area contributed by atoms with Crippen LogP contribution in [-0.2, 0) is 7.05 Å². The Kier molecular flexibility index (Phi) is 6.40. The second-order valence-electron chi connectivity index (χ2n) is 7.90. The summed E-state index contributed by atoms with van der Waals surface area (Å²) in [5.41, 5.74) is 7.26. The third-order valence-corrected chi connectivity index (χ3v) is 5.81. The van der Waals surface area contributed by atoms with Gasteiger partial charge in [-0.3, -0.25) is 9.36 Å². The minimum atomic E-state index is -0.673. The summed E-state index contributed by atoms with van der Waals surface area (Å²) in [6, 6.07) is 11.0. The molecule has 3 N–H and O–H groups in total. The lowest BCUT2D eigenvalue weighted by molar-refractivity contribution is 0.0985. The van der Waals surface area contributed by atoms with Gasteiger partial charge in [-0.05, 0) is 36.6 Å². The molecule has 0 bridgehead atoms. The highest BCUT2D eigenvalue weighted by atomic mass is 19.1. The van der Waals surface area contributed by atoms with Gasteiger partial charge < -0.3 is 20.5 Å². The second kappa shape index (κ2) is 9.40. The summed E-state index contributed by atoms with van der Waals surface area (Å²) in [5.74, 6) is 0.259. The van der Waals surface area contributed by atoms with Gasteiger partial charge in [-0.2, -0.15) is 0 Å². The van der Waals surface area contributed by atoms with Crippen molar-refractivity contribution in [2.24, 2.45) is 12.8 Å². The maximum Gasteiger partial charge on any atom is 0.263 e. The summed E-state index contributed by atoms with van der Waals surface area (Å²) in [6.07, 6.45) is 1.57. The number of ether oxygens (including phenoxy) is 1. The predicted octanol–water partition coefficient (Wildman–Crippen LogP) is 3.06. The molecule has 1 fully saturated rings. The van der Waals surface area contributed by atoms with Crippen molar-refractivity contribution in [3.8, 4) is 28.1 Å². The van der Waals surface area contributed by atoms with Crippen LogP contribution in [-0.4, -0.2) is 40.6 Å². The number of nitrogens with zero attached hydrogens (tertiary/aromatic N) is 4. The van der Waals surface area contributed by atoms with E-state index in [4.69, 9.17) is 27.1 Å². The van der Waals surface area contributed by atoms with Crippen molar-refractivity contribution in [2.45, 2.75) is 18.9 Å². The molecule has 33 heavy (non-hydrogen) atoms. The number of halogens is 1. The Balaban J connectivity index is 1.91. The zero-order valence-corrected chi connectivity index (χ0v) is 18.2. The number of benzene rings is 2. The molecule has 0 radical (unpaired) electrons. The van der Waals surface area contributed by atoms with Gasteiger partial charge in [0.2, 0.25) is 11.6 Å². The predicted molar refractivity (Wildman–Crippen MR) is 124 cm³/mol. The Morgan fingerprint density at radius 2 is 1.88 bits per heavy atom. The molecule has 0 saturated carbocycles. The van der Waals surface area contributed by atoms with E-state index in [0.29, 0.717) is 47.2 Å². The summed E-state index contributed by atoms with van der Waals surface area (Å²) in [5, 5.41) is 8.96. The zero-order valence-electron chi connectivity index (χ0n) is 18.2. The molecule has 8 nitrogen and oxygen atoms in total. The number of piperidine rings is 1. The van der Waals surface area contributed by atoms with Gasteiger partial charge in [0, 0.05) is 31.7 Å². The fourth-order valence-corrected chi connectivity index (χ4v) is 3.98. The first-order chi connectivity index (χ1) is 15.9. The third kappa shape index (κ3) is 4.44. The number of rotatable bonds is 5. The molecular weight excluding hydrogens is 425 g/mol. The summed E-state index contributed by atoms with van der Waals surface area (Å²) < 4.78 is 21.1. The Hall–Kier alpha value is -3.74. The van der Waals surface area contributed by atoms with Crippen molar-refractivity contribution in [1.29, 1.82) is 0 Å². The summed E-state index contributed by atoms with van der Waals surface area (Å²) in [7, 11) is 1.67. The Morgan fingerprint density at radius 1 is 1.21 bits per heavy atom. The minimum Gasteiger partial charge on any atom is -0.468 e. The fraction of sp³-hybridized carbons (Fsp3) is 0.292. The highest BCUT2D eigenvalue weighted by molar-refractivity contribution is 5.82. The number of aliphatic hydroxyl groups excluding tert-OH is 1. The molecule has 9 heteroatoms. The number of hydrogen-bond donors (Lipinski definition) is 2. The lowest BCUT2D eigenvalue weighted by Crippen LogP contribution is -2.42. The molecule has 0 atom stereocenters. The molecule has 0 amide bonds.